The zero-order valence-electron chi connectivity index (χ0n) is 24.3. The molecule has 13 nitrogen and oxygen atoms in total. The number of carbonyl (C=O) groups is 3. The molecule has 15 heteroatoms. The number of benzene rings is 4. The van der Waals surface area contributed by atoms with Crippen molar-refractivity contribution in [2.24, 2.45) is 0 Å². The number of halogens is 2. The first-order valence-electron chi connectivity index (χ1n) is 14.2. The number of nitro benzene ring substituents is 1. The molecule has 47 heavy (non-hydrogen) atoms. The molecule has 3 amide bonds. The van der Waals surface area contributed by atoms with Crippen LogP contribution in [0, 0.1) is 15.9 Å². The van der Waals surface area contributed by atoms with Crippen molar-refractivity contribution in [2.45, 2.75) is 12.7 Å². The van der Waals surface area contributed by atoms with Crippen molar-refractivity contribution in [3.8, 4) is 5.75 Å². The number of alkyl halides is 1. The monoisotopic (exact) mass is 642 g/mol. The van der Waals surface area contributed by atoms with Gasteiger partial charge >= 0.3 is 5.69 Å². The van der Waals surface area contributed by atoms with E-state index >= 15 is 0 Å². The van der Waals surface area contributed by atoms with Crippen LogP contribution in [0.5, 0.6) is 5.75 Å². The highest BCUT2D eigenvalue weighted by Crippen LogP contribution is 2.34. The number of hydrogen-bond donors (Lipinski definition) is 1. The number of rotatable bonds is 11. The van der Waals surface area contributed by atoms with Crippen molar-refractivity contribution in [1.82, 2.24) is 15.6 Å². The Kier molecular flexibility index (Phi) is 8.51. The molecule has 0 bridgehead atoms. The summed E-state index contributed by atoms with van der Waals surface area (Å²) in [4.78, 5) is 51.6. The van der Waals surface area contributed by atoms with Gasteiger partial charge in [0.15, 0.2) is 12.1 Å². The van der Waals surface area contributed by atoms with Crippen LogP contribution in [0.1, 0.15) is 27.7 Å². The lowest BCUT2D eigenvalue weighted by atomic mass is 9.96. The molecule has 0 aliphatic carbocycles. The average Bonchev–Trinajstić information content (AvgIpc) is 3.57. The molecule has 6 rings (SSSR count). The lowest BCUT2D eigenvalue weighted by Crippen LogP contribution is -2.43. The molecular formula is C32H24F2N6O7. The number of nitrogens with zero attached hydrogens (tertiary/aromatic N) is 5. The number of anilines is 2. The van der Waals surface area contributed by atoms with Gasteiger partial charge in [0, 0.05) is 36.8 Å². The summed E-state index contributed by atoms with van der Waals surface area (Å²) in [6.45, 7) is 0.217. The van der Waals surface area contributed by atoms with Crippen LogP contribution in [-0.4, -0.2) is 52.7 Å². The van der Waals surface area contributed by atoms with Gasteiger partial charge in [-0.2, -0.15) is 0 Å². The van der Waals surface area contributed by atoms with E-state index in [1.165, 1.54) is 60.7 Å². The van der Waals surface area contributed by atoms with Gasteiger partial charge in [-0.3, -0.25) is 24.5 Å². The lowest BCUT2D eigenvalue weighted by Gasteiger charge is -2.29. The van der Waals surface area contributed by atoms with Crippen LogP contribution in [0.25, 0.3) is 11.0 Å². The molecule has 0 fully saturated rings. The van der Waals surface area contributed by atoms with Gasteiger partial charge in [0.1, 0.15) is 11.6 Å². The molecule has 1 unspecified atom stereocenters. The Hall–Kier alpha value is -6.25. The van der Waals surface area contributed by atoms with Gasteiger partial charge in [0.25, 0.3) is 17.7 Å². The van der Waals surface area contributed by atoms with Crippen molar-refractivity contribution < 1.29 is 37.5 Å². The molecule has 5 aromatic rings. The molecule has 1 aromatic heterocycles. The third-order valence-corrected chi connectivity index (χ3v) is 7.47. The van der Waals surface area contributed by atoms with E-state index in [2.05, 4.69) is 15.6 Å². The molecule has 0 spiro atoms. The smallest absolute Gasteiger partial charge is 0.300 e. The minimum Gasteiger partial charge on any atom is -0.484 e. The van der Waals surface area contributed by atoms with Crippen molar-refractivity contribution in [3.05, 3.63) is 118 Å². The normalized spacial score (nSPS) is 14.2. The van der Waals surface area contributed by atoms with Crippen LogP contribution in [-0.2, 0) is 16.1 Å². The number of aromatic nitrogens is 2. The van der Waals surface area contributed by atoms with Crippen LogP contribution >= 0.6 is 0 Å². The van der Waals surface area contributed by atoms with Crippen molar-refractivity contribution in [2.75, 3.05) is 29.5 Å². The molecule has 4 aromatic carbocycles. The first-order valence-corrected chi connectivity index (χ1v) is 14.2. The average molecular weight is 643 g/mol. The molecule has 238 valence electrons. The predicted molar refractivity (Wildman–Crippen MR) is 163 cm³/mol. The first-order chi connectivity index (χ1) is 22.7. The quantitative estimate of drug-likeness (QED) is 0.122. The number of amides is 3. The first kappa shape index (κ1) is 30.8. The number of nitrogens with one attached hydrogen (secondary N) is 1. The van der Waals surface area contributed by atoms with E-state index in [0.717, 1.165) is 10.5 Å². The minimum atomic E-state index is -1.98. The number of carbonyl (C=O) groups excluding carboxylic acids is 3. The Balaban J connectivity index is 1.08. The fourth-order valence-electron chi connectivity index (χ4n) is 5.18. The van der Waals surface area contributed by atoms with Gasteiger partial charge in [-0.1, -0.05) is 30.3 Å². The van der Waals surface area contributed by atoms with E-state index in [9.17, 15) is 33.3 Å². The van der Waals surface area contributed by atoms with E-state index in [4.69, 9.17) is 9.37 Å². The SMILES string of the molecule is O=C(COc1ccc(N2C(=O)c3ccccc3C(F)C2=O)cc1)NCCN(Cc1ccc(F)cc1)c1ccc([N+](=O)[O-])c2nonc12. The summed E-state index contributed by atoms with van der Waals surface area (Å²) < 4.78 is 38.6. The largest absolute Gasteiger partial charge is 0.484 e. The van der Waals surface area contributed by atoms with E-state index in [1.54, 1.807) is 29.2 Å². The van der Waals surface area contributed by atoms with Crippen molar-refractivity contribution >= 4 is 45.8 Å². The molecule has 1 aliphatic heterocycles. The molecular weight excluding hydrogens is 618 g/mol. The zero-order valence-corrected chi connectivity index (χ0v) is 24.3. The molecule has 1 atom stereocenters. The van der Waals surface area contributed by atoms with Crippen LogP contribution < -0.4 is 19.9 Å². The van der Waals surface area contributed by atoms with Gasteiger partial charge in [-0.25, -0.2) is 18.3 Å². The number of ether oxygens (including phenoxy) is 1. The molecule has 1 N–H and O–H groups in total. The summed E-state index contributed by atoms with van der Waals surface area (Å²) in [5, 5.41) is 21.7. The minimum absolute atomic E-state index is 0.0273. The summed E-state index contributed by atoms with van der Waals surface area (Å²) in [5.41, 5.74) is 1.29. The molecule has 0 saturated carbocycles. The summed E-state index contributed by atoms with van der Waals surface area (Å²) in [7, 11) is 0. The molecule has 2 heterocycles. The third-order valence-electron chi connectivity index (χ3n) is 7.47. The number of hydrogen-bond acceptors (Lipinski definition) is 10. The van der Waals surface area contributed by atoms with Gasteiger partial charge < -0.3 is 15.0 Å². The standard InChI is InChI=1S/C32H24F2N6O7/c33-20-7-5-19(6-8-20)17-38(25-13-14-26(40(44)45)30-29(25)36-47-37-30)16-15-35-27(41)18-46-22-11-9-21(10-12-22)39-31(42)24-4-2-1-3-23(24)28(34)32(39)43/h1-14,28H,15-18H2,(H,35,41). The Bertz CT molecular complexity index is 1980. The highest BCUT2D eigenvalue weighted by atomic mass is 19.1. The highest BCUT2D eigenvalue weighted by molar-refractivity contribution is 6.25. The maximum atomic E-state index is 14.8. The summed E-state index contributed by atoms with van der Waals surface area (Å²) >= 11 is 0. The summed E-state index contributed by atoms with van der Waals surface area (Å²) in [6, 6.07) is 20.3. The van der Waals surface area contributed by atoms with Crippen molar-refractivity contribution in [1.29, 1.82) is 0 Å². The number of fused-ring (bicyclic) bond motifs is 2. The number of nitro groups is 1. The second-order valence-electron chi connectivity index (χ2n) is 10.4. The van der Waals surface area contributed by atoms with Gasteiger partial charge in [-0.05, 0) is 64.4 Å². The van der Waals surface area contributed by atoms with Crippen LogP contribution in [0.2, 0.25) is 0 Å². The Morgan fingerprint density at radius 3 is 2.47 bits per heavy atom. The van der Waals surface area contributed by atoms with Crippen LogP contribution in [0.4, 0.5) is 25.8 Å². The van der Waals surface area contributed by atoms with Crippen LogP contribution in [0.3, 0.4) is 0 Å². The second kappa shape index (κ2) is 13.0. The number of non-ortho nitro benzene ring substituents is 1. The maximum absolute atomic E-state index is 14.8. The van der Waals surface area contributed by atoms with Crippen LogP contribution in [0.15, 0.2) is 89.6 Å². The highest BCUT2D eigenvalue weighted by Gasteiger charge is 2.39. The van der Waals surface area contributed by atoms with Crippen molar-refractivity contribution in [3.63, 3.8) is 0 Å². The third kappa shape index (κ3) is 6.31. The number of imide groups is 1. The summed E-state index contributed by atoms with van der Waals surface area (Å²) in [5.74, 6) is -2.25. The topological polar surface area (TPSA) is 161 Å². The van der Waals surface area contributed by atoms with E-state index in [0.29, 0.717) is 5.69 Å². The van der Waals surface area contributed by atoms with Gasteiger partial charge in [-0.15, -0.1) is 0 Å². The van der Waals surface area contributed by atoms with Gasteiger partial charge in [0.2, 0.25) is 11.7 Å². The van der Waals surface area contributed by atoms with Gasteiger partial charge in [0.05, 0.1) is 16.3 Å². The fourth-order valence-corrected chi connectivity index (χ4v) is 5.18. The summed E-state index contributed by atoms with van der Waals surface area (Å²) in [6.07, 6.45) is -1.98. The predicted octanol–water partition coefficient (Wildman–Crippen LogP) is 4.67. The second-order valence-corrected chi connectivity index (χ2v) is 10.4. The fraction of sp³-hybridized carbons (Fsp3) is 0.156. The van der Waals surface area contributed by atoms with E-state index in [-0.39, 0.29) is 65.5 Å². The Morgan fingerprint density at radius 1 is 1.00 bits per heavy atom. The Morgan fingerprint density at radius 2 is 1.72 bits per heavy atom. The Labute approximate surface area is 264 Å². The lowest BCUT2D eigenvalue weighted by molar-refractivity contribution is -0.383. The molecule has 0 radical (unpaired) electrons. The zero-order chi connectivity index (χ0) is 33.1. The van der Waals surface area contributed by atoms with E-state index in [1.807, 2.05) is 0 Å². The molecule has 0 saturated heterocycles. The van der Waals surface area contributed by atoms with E-state index < -0.39 is 34.6 Å². The molecule has 1 aliphatic rings. The maximum Gasteiger partial charge on any atom is 0.300 e.